The summed E-state index contributed by atoms with van der Waals surface area (Å²) in [6.07, 6.45) is 0. The number of benzene rings is 2. The highest BCUT2D eigenvalue weighted by Gasteiger charge is 2.88. The molecule has 3 amide bonds. The smallest absolute Gasteiger partial charge is 0.274 e. The summed E-state index contributed by atoms with van der Waals surface area (Å²) < 4.78 is -2.16. The predicted molar refractivity (Wildman–Crippen MR) is 157 cm³/mol. The van der Waals surface area contributed by atoms with Crippen LogP contribution < -0.4 is 0 Å². The van der Waals surface area contributed by atoms with Crippen molar-refractivity contribution in [2.45, 2.75) is 27.9 Å². The fraction of sp³-hybridized carbons (Fsp3) is 0.308. The van der Waals surface area contributed by atoms with E-state index < -0.39 is 56.0 Å². The van der Waals surface area contributed by atoms with E-state index >= 15 is 0 Å². The van der Waals surface area contributed by atoms with Gasteiger partial charge in [0.2, 0.25) is 0 Å². The molecule has 0 aromatic heterocycles. The number of hydrogen-bond acceptors (Lipinski definition) is 4. The maximum Gasteiger partial charge on any atom is 0.274 e. The topological polar surface area (TPSA) is 74.8 Å². The van der Waals surface area contributed by atoms with E-state index in [1.165, 1.54) is 18.2 Å². The SMILES string of the molecule is Cc1ccc(C(=O)CN(C(=O)c2ccc(Cl)cc2Cl)N2C(=O)[C@@H]3[C@H](C2=O)[C@@]2(Cl)C(Cl)=C(Cl)[C@@]3(Cl)C2(Cl)Cl)cc1C. The molecule has 2 aromatic rings. The average Bonchev–Trinajstić information content (AvgIpc) is 3.27. The molecule has 2 aliphatic carbocycles. The summed E-state index contributed by atoms with van der Waals surface area (Å²) in [5, 5.41) is 0.814. The van der Waals surface area contributed by atoms with Gasteiger partial charge in [0.15, 0.2) is 10.1 Å². The van der Waals surface area contributed by atoms with E-state index in [9.17, 15) is 19.2 Å². The van der Waals surface area contributed by atoms with Crippen LogP contribution in [0.5, 0.6) is 0 Å². The summed E-state index contributed by atoms with van der Waals surface area (Å²) in [5.41, 5.74) is 1.89. The standard InChI is InChI=1S/C26H16Cl8N2O4/c1-10-3-4-12(7-11(10)2)16(37)9-35(21(38)14-6-5-13(27)8-15(14)28)36-22(39)17-18(23(36)40)25(32)20(30)19(29)24(17,31)26(25,33)34/h3-8,17-18H,9H2,1-2H3/t17-,18+,24-,25-/m1/s1. The number of rotatable bonds is 5. The van der Waals surface area contributed by atoms with Gasteiger partial charge in [-0.1, -0.05) is 81.7 Å². The number of imide groups is 1. The number of allylic oxidation sites excluding steroid dienone is 2. The Morgan fingerprint density at radius 3 is 1.88 bits per heavy atom. The van der Waals surface area contributed by atoms with E-state index in [-0.39, 0.29) is 31.2 Å². The Bertz CT molecular complexity index is 1530. The zero-order valence-corrected chi connectivity index (χ0v) is 26.4. The van der Waals surface area contributed by atoms with E-state index in [0.717, 1.165) is 11.1 Å². The van der Waals surface area contributed by atoms with E-state index in [0.29, 0.717) is 10.0 Å². The van der Waals surface area contributed by atoms with Crippen LogP contribution in [-0.4, -0.2) is 54.1 Å². The number of carbonyl (C=O) groups is 4. The molecular formula is C26H16Cl8N2O4. The quantitative estimate of drug-likeness (QED) is 0.186. The van der Waals surface area contributed by atoms with Gasteiger partial charge in [-0.05, 0) is 49.2 Å². The van der Waals surface area contributed by atoms with Crippen molar-refractivity contribution >= 4 is 116 Å². The minimum absolute atomic E-state index is 0.0728. The highest BCUT2D eigenvalue weighted by atomic mass is 35.5. The molecule has 5 rings (SSSR count). The Morgan fingerprint density at radius 2 is 1.38 bits per heavy atom. The van der Waals surface area contributed by atoms with Crippen molar-refractivity contribution in [1.82, 2.24) is 10.0 Å². The highest BCUT2D eigenvalue weighted by molar-refractivity contribution is 6.66. The number of fused-ring (bicyclic) bond motifs is 5. The van der Waals surface area contributed by atoms with E-state index in [1.807, 2.05) is 13.8 Å². The number of aryl methyl sites for hydroxylation is 2. The minimum Gasteiger partial charge on any atom is -0.292 e. The number of alkyl halides is 4. The average molecular weight is 704 g/mol. The Morgan fingerprint density at radius 1 is 0.825 bits per heavy atom. The van der Waals surface area contributed by atoms with Crippen molar-refractivity contribution in [2.24, 2.45) is 11.8 Å². The van der Waals surface area contributed by atoms with Gasteiger partial charge in [0, 0.05) is 10.6 Å². The van der Waals surface area contributed by atoms with Gasteiger partial charge < -0.3 is 0 Å². The van der Waals surface area contributed by atoms with E-state index in [4.69, 9.17) is 92.8 Å². The molecule has 40 heavy (non-hydrogen) atoms. The zero-order valence-electron chi connectivity index (χ0n) is 20.4. The van der Waals surface area contributed by atoms with Crippen LogP contribution in [0.2, 0.25) is 10.0 Å². The lowest BCUT2D eigenvalue weighted by molar-refractivity contribution is -0.154. The van der Waals surface area contributed by atoms with E-state index in [1.54, 1.807) is 18.2 Å². The van der Waals surface area contributed by atoms with Gasteiger partial charge in [0.1, 0.15) is 16.3 Å². The molecule has 0 radical (unpaired) electrons. The molecule has 0 unspecified atom stereocenters. The van der Waals surface area contributed by atoms with Gasteiger partial charge in [-0.3, -0.25) is 19.2 Å². The predicted octanol–water partition coefficient (Wildman–Crippen LogP) is 7.30. The van der Waals surface area contributed by atoms with Gasteiger partial charge in [-0.15, -0.1) is 23.2 Å². The van der Waals surface area contributed by atoms with Crippen molar-refractivity contribution in [3.05, 3.63) is 78.8 Å². The molecule has 1 saturated carbocycles. The third-order valence-electron chi connectivity index (χ3n) is 7.65. The first-order valence-electron chi connectivity index (χ1n) is 11.6. The molecule has 2 aromatic carbocycles. The van der Waals surface area contributed by atoms with Crippen LogP contribution in [0.3, 0.4) is 0 Å². The fourth-order valence-electron chi connectivity index (χ4n) is 5.40. The normalized spacial score (nSPS) is 28.4. The number of carbonyl (C=O) groups excluding carboxylic acids is 4. The molecule has 2 fully saturated rings. The van der Waals surface area contributed by atoms with E-state index in [2.05, 4.69) is 0 Å². The van der Waals surface area contributed by atoms with Crippen LogP contribution in [0.25, 0.3) is 0 Å². The van der Waals surface area contributed by atoms with Gasteiger partial charge >= 0.3 is 0 Å². The Hall–Kier alpha value is -1.22. The largest absolute Gasteiger partial charge is 0.292 e. The number of hydrogen-bond donors (Lipinski definition) is 0. The third-order valence-corrected chi connectivity index (χ3v) is 12.5. The number of halogens is 8. The number of Topliss-reactive ketones (excluding diaryl/α,β-unsaturated/α-hetero) is 1. The lowest BCUT2D eigenvalue weighted by atomic mass is 9.84. The Labute approximate surface area is 268 Å². The molecule has 3 aliphatic rings. The molecule has 0 spiro atoms. The maximum atomic E-state index is 14.0. The van der Waals surface area contributed by atoms with Gasteiger partial charge in [0.05, 0.1) is 32.5 Å². The van der Waals surface area contributed by atoms with Crippen LogP contribution in [0.1, 0.15) is 31.8 Å². The first-order chi connectivity index (χ1) is 18.5. The lowest BCUT2D eigenvalue weighted by Gasteiger charge is -2.37. The second-order valence-corrected chi connectivity index (χ2v) is 13.9. The second-order valence-electron chi connectivity index (χ2n) is 9.78. The number of hydrazine groups is 1. The van der Waals surface area contributed by atoms with Gasteiger partial charge in [-0.2, -0.15) is 5.01 Å². The molecule has 14 heteroatoms. The minimum atomic E-state index is -2.16. The molecule has 210 valence electrons. The molecular weight excluding hydrogens is 688 g/mol. The summed E-state index contributed by atoms with van der Waals surface area (Å²) in [6.45, 7) is 2.97. The van der Waals surface area contributed by atoms with Crippen molar-refractivity contribution in [2.75, 3.05) is 6.54 Å². The summed E-state index contributed by atoms with van der Waals surface area (Å²) >= 11 is 51.7. The summed E-state index contributed by atoms with van der Waals surface area (Å²) in [5.74, 6) is -6.50. The summed E-state index contributed by atoms with van der Waals surface area (Å²) in [7, 11) is 0. The molecule has 6 nitrogen and oxygen atoms in total. The van der Waals surface area contributed by atoms with Crippen molar-refractivity contribution in [1.29, 1.82) is 0 Å². The van der Waals surface area contributed by atoms with Crippen molar-refractivity contribution < 1.29 is 19.2 Å². The molecule has 1 aliphatic heterocycles. The fourth-order valence-corrected chi connectivity index (χ4v) is 8.81. The van der Waals surface area contributed by atoms with Crippen molar-refractivity contribution in [3.63, 3.8) is 0 Å². The second kappa shape index (κ2) is 9.92. The molecule has 1 heterocycles. The number of nitrogens with zero attached hydrogens (tertiary/aromatic N) is 2. The zero-order chi connectivity index (χ0) is 29.7. The highest BCUT2D eigenvalue weighted by Crippen LogP contribution is 2.77. The lowest BCUT2D eigenvalue weighted by Crippen LogP contribution is -2.56. The van der Waals surface area contributed by atoms with Gasteiger partial charge in [-0.25, -0.2) is 5.01 Å². The van der Waals surface area contributed by atoms with Gasteiger partial charge in [0.25, 0.3) is 17.7 Å². The maximum absolute atomic E-state index is 14.0. The number of amides is 3. The summed E-state index contributed by atoms with van der Waals surface area (Å²) in [4.78, 5) is 51.1. The monoisotopic (exact) mass is 700 g/mol. The Balaban J connectivity index is 1.62. The number of ketones is 1. The first kappa shape index (κ1) is 30.2. The molecule has 4 atom stereocenters. The van der Waals surface area contributed by atoms with Crippen LogP contribution >= 0.6 is 92.8 Å². The first-order valence-corrected chi connectivity index (χ1v) is 14.6. The van der Waals surface area contributed by atoms with Crippen LogP contribution in [-0.2, 0) is 9.59 Å². The molecule has 1 saturated heterocycles. The Kier molecular flexibility index (Phi) is 7.50. The summed E-state index contributed by atoms with van der Waals surface area (Å²) in [6, 6.07) is 8.96. The van der Waals surface area contributed by atoms with Crippen molar-refractivity contribution in [3.8, 4) is 0 Å². The third kappa shape index (κ3) is 3.84. The molecule has 2 bridgehead atoms. The molecule has 0 N–H and O–H groups in total. The van der Waals surface area contributed by atoms with Crippen LogP contribution in [0.4, 0.5) is 0 Å². The van der Waals surface area contributed by atoms with Crippen LogP contribution in [0, 0.1) is 25.7 Å². The van der Waals surface area contributed by atoms with Crippen LogP contribution in [0.15, 0.2) is 46.5 Å².